The van der Waals surface area contributed by atoms with Gasteiger partial charge in [0.05, 0.1) is 6.20 Å². The third-order valence-corrected chi connectivity index (χ3v) is 3.73. The number of nitrogens with one attached hydrogen (secondary N) is 1. The number of aromatic nitrogens is 1. The summed E-state index contributed by atoms with van der Waals surface area (Å²) in [6.45, 7) is 0.821. The molecule has 1 aliphatic rings. The van der Waals surface area contributed by atoms with Crippen LogP contribution in [0.15, 0.2) is 53.3 Å². The van der Waals surface area contributed by atoms with Gasteiger partial charge in [0.25, 0.3) is 0 Å². The molecule has 3 nitrogen and oxygen atoms in total. The molecule has 4 heteroatoms. The van der Waals surface area contributed by atoms with Crippen molar-refractivity contribution < 1.29 is 4.74 Å². The first-order valence-electron chi connectivity index (χ1n) is 6.87. The van der Waals surface area contributed by atoms with Gasteiger partial charge in [-0.2, -0.15) is 0 Å². The van der Waals surface area contributed by atoms with Crippen molar-refractivity contribution in [2.45, 2.75) is 25.0 Å². The van der Waals surface area contributed by atoms with Crippen molar-refractivity contribution in [3.05, 3.63) is 58.8 Å². The second-order valence-corrected chi connectivity index (χ2v) is 5.95. The maximum absolute atomic E-state index is 6.10. The summed E-state index contributed by atoms with van der Waals surface area (Å²) in [7, 11) is 0. The Bertz CT molecular complexity index is 557. The molecule has 1 saturated carbocycles. The van der Waals surface area contributed by atoms with E-state index >= 15 is 0 Å². The molecular weight excluding hydrogens is 316 g/mol. The maximum Gasteiger partial charge on any atom is 0.139 e. The Labute approximate surface area is 127 Å². The van der Waals surface area contributed by atoms with Crippen LogP contribution in [0.4, 0.5) is 0 Å². The van der Waals surface area contributed by atoms with Gasteiger partial charge < -0.3 is 10.1 Å². The summed E-state index contributed by atoms with van der Waals surface area (Å²) in [5.41, 5.74) is 1.18. The summed E-state index contributed by atoms with van der Waals surface area (Å²) in [5, 5.41) is 3.53. The van der Waals surface area contributed by atoms with E-state index in [1.54, 1.807) is 12.4 Å². The number of benzene rings is 1. The van der Waals surface area contributed by atoms with E-state index in [0.717, 1.165) is 16.8 Å². The van der Waals surface area contributed by atoms with Crippen LogP contribution < -0.4 is 10.1 Å². The van der Waals surface area contributed by atoms with Crippen LogP contribution in [0, 0.1) is 0 Å². The molecule has 2 aromatic rings. The van der Waals surface area contributed by atoms with Crippen molar-refractivity contribution in [3.63, 3.8) is 0 Å². The molecule has 0 spiro atoms. The number of hydrogen-bond donors (Lipinski definition) is 1. The lowest BCUT2D eigenvalue weighted by molar-refractivity contribution is 0.200. The van der Waals surface area contributed by atoms with Gasteiger partial charge in [-0.25, -0.2) is 0 Å². The van der Waals surface area contributed by atoms with E-state index in [2.05, 4.69) is 38.4 Å². The summed E-state index contributed by atoms with van der Waals surface area (Å²) in [4.78, 5) is 4.15. The second kappa shape index (κ2) is 6.37. The van der Waals surface area contributed by atoms with Gasteiger partial charge in [-0.15, -0.1) is 0 Å². The molecule has 0 bridgehead atoms. The van der Waals surface area contributed by atoms with Gasteiger partial charge in [0.15, 0.2) is 0 Å². The number of pyridine rings is 1. The Balaban J connectivity index is 1.73. The van der Waals surface area contributed by atoms with E-state index in [0.29, 0.717) is 6.04 Å². The highest BCUT2D eigenvalue weighted by Crippen LogP contribution is 2.25. The topological polar surface area (TPSA) is 34.1 Å². The molecule has 1 N–H and O–H groups in total. The van der Waals surface area contributed by atoms with Gasteiger partial charge in [-0.05, 0) is 40.4 Å². The summed E-state index contributed by atoms with van der Waals surface area (Å²) in [6.07, 6.45) is 6.07. The van der Waals surface area contributed by atoms with Crippen LogP contribution in [0.2, 0.25) is 0 Å². The fourth-order valence-electron chi connectivity index (χ4n) is 2.08. The van der Waals surface area contributed by atoms with Gasteiger partial charge in [0, 0.05) is 23.3 Å². The lowest BCUT2D eigenvalue weighted by Crippen LogP contribution is -2.26. The van der Waals surface area contributed by atoms with Gasteiger partial charge in [-0.3, -0.25) is 4.98 Å². The number of nitrogens with zero attached hydrogens (tertiary/aromatic N) is 1. The Kier molecular flexibility index (Phi) is 4.33. The third-order valence-electron chi connectivity index (χ3n) is 3.30. The maximum atomic E-state index is 6.10. The van der Waals surface area contributed by atoms with Gasteiger partial charge in [-0.1, -0.05) is 30.3 Å². The third kappa shape index (κ3) is 3.81. The van der Waals surface area contributed by atoms with E-state index in [1.165, 1.54) is 18.4 Å². The molecule has 104 valence electrons. The van der Waals surface area contributed by atoms with Crippen LogP contribution in [-0.4, -0.2) is 17.6 Å². The van der Waals surface area contributed by atoms with Crippen LogP contribution in [-0.2, 0) is 0 Å². The quantitative estimate of drug-likeness (QED) is 0.875. The molecule has 1 aromatic heterocycles. The molecule has 0 saturated heterocycles. The Morgan fingerprint density at radius 1 is 1.25 bits per heavy atom. The highest BCUT2D eigenvalue weighted by atomic mass is 79.9. The fourth-order valence-corrected chi connectivity index (χ4v) is 2.42. The standard InChI is InChI=1S/C16H17BrN2O/c17-13-8-15(10-18-9-13)20-16(11-19-14-6-7-14)12-4-2-1-3-5-12/h1-5,8-10,14,16,19H,6-7,11H2. The fraction of sp³-hybridized carbons (Fsp3) is 0.312. The summed E-state index contributed by atoms with van der Waals surface area (Å²) < 4.78 is 7.03. The van der Waals surface area contributed by atoms with Gasteiger partial charge in [0.1, 0.15) is 11.9 Å². The average Bonchev–Trinajstić information content (AvgIpc) is 3.29. The molecule has 1 unspecified atom stereocenters. The van der Waals surface area contributed by atoms with Crippen LogP contribution >= 0.6 is 15.9 Å². The zero-order valence-corrected chi connectivity index (χ0v) is 12.7. The van der Waals surface area contributed by atoms with Crippen LogP contribution in [0.3, 0.4) is 0 Å². The minimum absolute atomic E-state index is 0.00731. The first kappa shape index (κ1) is 13.6. The van der Waals surface area contributed by atoms with E-state index in [-0.39, 0.29) is 6.10 Å². The zero-order valence-electron chi connectivity index (χ0n) is 11.1. The van der Waals surface area contributed by atoms with Gasteiger partial charge in [0.2, 0.25) is 0 Å². The summed E-state index contributed by atoms with van der Waals surface area (Å²) >= 11 is 3.42. The number of halogens is 1. The molecule has 0 amide bonds. The monoisotopic (exact) mass is 332 g/mol. The number of ether oxygens (including phenoxy) is 1. The molecule has 0 aliphatic heterocycles. The number of rotatable bonds is 6. The van der Waals surface area contributed by atoms with Crippen molar-refractivity contribution >= 4 is 15.9 Å². The van der Waals surface area contributed by atoms with Crippen molar-refractivity contribution in [2.75, 3.05) is 6.54 Å². The van der Waals surface area contributed by atoms with E-state index in [1.807, 2.05) is 24.3 Å². The Morgan fingerprint density at radius 2 is 2.05 bits per heavy atom. The predicted molar refractivity (Wildman–Crippen MR) is 82.8 cm³/mol. The largest absolute Gasteiger partial charge is 0.483 e. The zero-order chi connectivity index (χ0) is 13.8. The average molecular weight is 333 g/mol. The second-order valence-electron chi connectivity index (χ2n) is 5.04. The minimum atomic E-state index is 0.00731. The van der Waals surface area contributed by atoms with Gasteiger partial charge >= 0.3 is 0 Å². The molecule has 1 fully saturated rings. The molecule has 1 aliphatic carbocycles. The molecule has 3 rings (SSSR count). The highest BCUT2D eigenvalue weighted by Gasteiger charge is 2.23. The van der Waals surface area contributed by atoms with Crippen molar-refractivity contribution in [2.24, 2.45) is 0 Å². The molecular formula is C16H17BrN2O. The van der Waals surface area contributed by atoms with E-state index < -0.39 is 0 Å². The smallest absolute Gasteiger partial charge is 0.139 e. The molecule has 1 atom stereocenters. The van der Waals surface area contributed by atoms with Crippen LogP contribution in [0.5, 0.6) is 5.75 Å². The van der Waals surface area contributed by atoms with E-state index in [9.17, 15) is 0 Å². The molecule has 1 aromatic carbocycles. The predicted octanol–water partition coefficient (Wildman–Crippen LogP) is 3.72. The minimum Gasteiger partial charge on any atom is -0.483 e. The molecule has 20 heavy (non-hydrogen) atoms. The van der Waals surface area contributed by atoms with Crippen molar-refractivity contribution in [1.82, 2.24) is 10.3 Å². The number of hydrogen-bond acceptors (Lipinski definition) is 3. The Morgan fingerprint density at radius 3 is 2.75 bits per heavy atom. The van der Waals surface area contributed by atoms with Crippen molar-refractivity contribution in [1.29, 1.82) is 0 Å². The van der Waals surface area contributed by atoms with Crippen LogP contribution in [0.1, 0.15) is 24.5 Å². The van der Waals surface area contributed by atoms with E-state index in [4.69, 9.17) is 4.74 Å². The first-order chi connectivity index (χ1) is 9.81. The normalized spacial score (nSPS) is 15.8. The molecule has 1 heterocycles. The van der Waals surface area contributed by atoms with Crippen molar-refractivity contribution in [3.8, 4) is 5.75 Å². The first-order valence-corrected chi connectivity index (χ1v) is 7.66. The molecule has 0 radical (unpaired) electrons. The summed E-state index contributed by atoms with van der Waals surface area (Å²) in [6, 6.07) is 12.9. The summed E-state index contributed by atoms with van der Waals surface area (Å²) in [5.74, 6) is 0.783. The highest BCUT2D eigenvalue weighted by molar-refractivity contribution is 9.10. The van der Waals surface area contributed by atoms with Crippen LogP contribution in [0.25, 0.3) is 0 Å². The lowest BCUT2D eigenvalue weighted by atomic mass is 10.1. The Hall–Kier alpha value is -1.39. The SMILES string of the molecule is Brc1cncc(OC(CNC2CC2)c2ccccc2)c1. The lowest BCUT2D eigenvalue weighted by Gasteiger charge is -2.20.